The predicted molar refractivity (Wildman–Crippen MR) is 69.7 cm³/mol. The van der Waals surface area contributed by atoms with E-state index in [4.69, 9.17) is 12.2 Å². The predicted octanol–water partition coefficient (Wildman–Crippen LogP) is 1.60. The Labute approximate surface area is 100 Å². The van der Waals surface area contributed by atoms with Gasteiger partial charge in [-0.15, -0.1) is 0 Å². The van der Waals surface area contributed by atoms with Gasteiger partial charge in [0, 0.05) is 7.05 Å². The average molecular weight is 237 g/mol. The number of hydrazone groups is 1. The van der Waals surface area contributed by atoms with E-state index in [0.29, 0.717) is 5.11 Å². The largest absolute Gasteiger partial charge is 0.508 e. The fourth-order valence-corrected chi connectivity index (χ4v) is 1.22. The number of thiocarbonyl (C=S) groups is 1. The van der Waals surface area contributed by atoms with Crippen LogP contribution in [0.2, 0.25) is 0 Å². The summed E-state index contributed by atoms with van der Waals surface area (Å²) in [5, 5.41) is 16.6. The standard InChI is InChI=1S/C11H15N3OS/c1-3-10(13-14-11(16)12-2)8-4-6-9(15)7-5-8/h4-7,15H,3H2,1-2H3,(H2,12,14,16)/b13-10+. The molecule has 0 aliphatic carbocycles. The van der Waals surface area contributed by atoms with E-state index in [-0.39, 0.29) is 5.75 Å². The Morgan fingerprint density at radius 3 is 2.50 bits per heavy atom. The lowest BCUT2D eigenvalue weighted by molar-refractivity contribution is 0.475. The monoisotopic (exact) mass is 237 g/mol. The van der Waals surface area contributed by atoms with Crippen LogP contribution in [0.5, 0.6) is 5.75 Å². The SMILES string of the molecule is CC/C(=N\NC(=S)NC)c1ccc(O)cc1. The summed E-state index contributed by atoms with van der Waals surface area (Å²) in [5.74, 6) is 0.248. The van der Waals surface area contributed by atoms with Crippen LogP contribution in [0.25, 0.3) is 0 Å². The molecule has 0 aromatic heterocycles. The Kier molecular flexibility index (Phi) is 4.72. The number of hydrogen-bond donors (Lipinski definition) is 3. The molecular weight excluding hydrogens is 222 g/mol. The summed E-state index contributed by atoms with van der Waals surface area (Å²) in [6, 6.07) is 6.91. The van der Waals surface area contributed by atoms with Crippen molar-refractivity contribution in [3.8, 4) is 5.75 Å². The Hall–Kier alpha value is -1.62. The number of nitrogens with zero attached hydrogens (tertiary/aromatic N) is 1. The molecule has 0 atom stereocenters. The molecule has 16 heavy (non-hydrogen) atoms. The summed E-state index contributed by atoms with van der Waals surface area (Å²) in [5.41, 5.74) is 4.59. The second-order valence-electron chi connectivity index (χ2n) is 3.15. The van der Waals surface area contributed by atoms with Crippen LogP contribution in [0, 0.1) is 0 Å². The molecule has 86 valence electrons. The maximum Gasteiger partial charge on any atom is 0.186 e. The van der Waals surface area contributed by atoms with E-state index in [0.717, 1.165) is 17.7 Å². The Morgan fingerprint density at radius 1 is 1.38 bits per heavy atom. The van der Waals surface area contributed by atoms with E-state index in [2.05, 4.69) is 15.8 Å². The molecule has 1 aromatic carbocycles. The van der Waals surface area contributed by atoms with Gasteiger partial charge in [-0.2, -0.15) is 5.10 Å². The minimum Gasteiger partial charge on any atom is -0.508 e. The van der Waals surface area contributed by atoms with Crippen molar-refractivity contribution >= 4 is 23.0 Å². The summed E-state index contributed by atoms with van der Waals surface area (Å²) in [6.45, 7) is 2.01. The second kappa shape index (κ2) is 6.07. The molecule has 0 unspecified atom stereocenters. The van der Waals surface area contributed by atoms with Crippen molar-refractivity contribution in [2.24, 2.45) is 5.10 Å². The maximum absolute atomic E-state index is 9.18. The van der Waals surface area contributed by atoms with Gasteiger partial charge in [0.05, 0.1) is 5.71 Å². The minimum atomic E-state index is 0.248. The lowest BCUT2D eigenvalue weighted by Crippen LogP contribution is -2.29. The summed E-state index contributed by atoms with van der Waals surface area (Å²) >= 11 is 4.92. The summed E-state index contributed by atoms with van der Waals surface area (Å²) < 4.78 is 0. The molecule has 0 amide bonds. The molecule has 0 spiro atoms. The van der Waals surface area contributed by atoms with Crippen LogP contribution < -0.4 is 10.7 Å². The van der Waals surface area contributed by atoms with Gasteiger partial charge >= 0.3 is 0 Å². The van der Waals surface area contributed by atoms with Crippen LogP contribution in [0.3, 0.4) is 0 Å². The first kappa shape index (κ1) is 12.4. The molecule has 0 heterocycles. The van der Waals surface area contributed by atoms with Crippen molar-refractivity contribution in [3.63, 3.8) is 0 Å². The topological polar surface area (TPSA) is 56.7 Å². The summed E-state index contributed by atoms with van der Waals surface area (Å²) in [4.78, 5) is 0. The maximum atomic E-state index is 9.18. The number of aromatic hydroxyl groups is 1. The highest BCUT2D eigenvalue weighted by Gasteiger charge is 2.01. The van der Waals surface area contributed by atoms with Crippen LogP contribution in [0.15, 0.2) is 29.4 Å². The van der Waals surface area contributed by atoms with Crippen LogP contribution in [0.4, 0.5) is 0 Å². The molecule has 3 N–H and O–H groups in total. The fourth-order valence-electron chi connectivity index (χ4n) is 1.18. The van der Waals surface area contributed by atoms with Gasteiger partial charge in [-0.25, -0.2) is 0 Å². The normalized spacial score (nSPS) is 11.0. The quantitative estimate of drug-likeness (QED) is 0.424. The van der Waals surface area contributed by atoms with Gasteiger partial charge in [0.2, 0.25) is 0 Å². The van der Waals surface area contributed by atoms with E-state index in [9.17, 15) is 5.11 Å². The summed E-state index contributed by atoms with van der Waals surface area (Å²) in [6.07, 6.45) is 0.782. The lowest BCUT2D eigenvalue weighted by atomic mass is 10.1. The van der Waals surface area contributed by atoms with Crippen LogP contribution in [-0.4, -0.2) is 23.0 Å². The molecule has 0 saturated carbocycles. The number of rotatable bonds is 3. The second-order valence-corrected chi connectivity index (χ2v) is 3.56. The Bertz CT molecular complexity index is 387. The van der Waals surface area contributed by atoms with Crippen LogP contribution in [0.1, 0.15) is 18.9 Å². The van der Waals surface area contributed by atoms with Gasteiger partial charge in [-0.3, -0.25) is 5.43 Å². The van der Waals surface area contributed by atoms with E-state index in [1.54, 1.807) is 19.2 Å². The van der Waals surface area contributed by atoms with Crippen molar-refractivity contribution in [3.05, 3.63) is 29.8 Å². The third-order valence-corrected chi connectivity index (χ3v) is 2.35. The minimum absolute atomic E-state index is 0.248. The van der Waals surface area contributed by atoms with Crippen molar-refractivity contribution in [2.45, 2.75) is 13.3 Å². The molecular formula is C11H15N3OS. The van der Waals surface area contributed by atoms with Gasteiger partial charge in [-0.1, -0.05) is 6.92 Å². The van der Waals surface area contributed by atoms with Gasteiger partial charge in [0.15, 0.2) is 5.11 Å². The first-order valence-electron chi connectivity index (χ1n) is 5.01. The zero-order chi connectivity index (χ0) is 12.0. The van der Waals surface area contributed by atoms with Gasteiger partial charge in [-0.05, 0) is 48.5 Å². The van der Waals surface area contributed by atoms with Crippen LogP contribution >= 0.6 is 12.2 Å². The third kappa shape index (κ3) is 3.51. The highest BCUT2D eigenvalue weighted by atomic mass is 32.1. The first-order chi connectivity index (χ1) is 7.67. The molecule has 1 rings (SSSR count). The molecule has 0 saturated heterocycles. The highest BCUT2D eigenvalue weighted by molar-refractivity contribution is 7.80. The van der Waals surface area contributed by atoms with Gasteiger partial charge in [0.1, 0.15) is 5.75 Å². The number of nitrogens with one attached hydrogen (secondary N) is 2. The Morgan fingerprint density at radius 2 is 2.00 bits per heavy atom. The van der Waals surface area contributed by atoms with E-state index in [1.165, 1.54) is 0 Å². The number of phenols is 1. The zero-order valence-electron chi connectivity index (χ0n) is 9.32. The van der Waals surface area contributed by atoms with Crippen molar-refractivity contribution in [2.75, 3.05) is 7.05 Å². The third-order valence-electron chi connectivity index (χ3n) is 2.05. The molecule has 1 aromatic rings. The molecule has 5 heteroatoms. The number of hydrogen-bond acceptors (Lipinski definition) is 3. The first-order valence-corrected chi connectivity index (χ1v) is 5.42. The van der Waals surface area contributed by atoms with Crippen LogP contribution in [-0.2, 0) is 0 Å². The van der Waals surface area contributed by atoms with Crippen molar-refractivity contribution in [1.29, 1.82) is 0 Å². The lowest BCUT2D eigenvalue weighted by Gasteiger charge is -2.06. The highest BCUT2D eigenvalue weighted by Crippen LogP contribution is 2.11. The molecule has 0 aliphatic heterocycles. The van der Waals surface area contributed by atoms with Gasteiger partial charge in [0.25, 0.3) is 0 Å². The number of phenolic OH excluding ortho intramolecular Hbond substituents is 1. The number of benzene rings is 1. The zero-order valence-corrected chi connectivity index (χ0v) is 10.1. The smallest absolute Gasteiger partial charge is 0.186 e. The fraction of sp³-hybridized carbons (Fsp3) is 0.273. The molecule has 4 nitrogen and oxygen atoms in total. The Balaban J connectivity index is 2.81. The van der Waals surface area contributed by atoms with E-state index < -0.39 is 0 Å². The molecule has 0 aliphatic rings. The molecule has 0 bridgehead atoms. The van der Waals surface area contributed by atoms with E-state index >= 15 is 0 Å². The van der Waals surface area contributed by atoms with Gasteiger partial charge < -0.3 is 10.4 Å². The van der Waals surface area contributed by atoms with E-state index in [1.807, 2.05) is 19.1 Å². The summed E-state index contributed by atoms with van der Waals surface area (Å²) in [7, 11) is 1.73. The molecule has 0 fully saturated rings. The van der Waals surface area contributed by atoms with Crippen molar-refractivity contribution in [1.82, 2.24) is 10.7 Å². The van der Waals surface area contributed by atoms with Crippen molar-refractivity contribution < 1.29 is 5.11 Å². The average Bonchev–Trinajstić information content (AvgIpc) is 2.31. The molecule has 0 radical (unpaired) electrons.